The maximum Gasteiger partial charge on any atom is 0.0987 e. The van der Waals surface area contributed by atoms with Gasteiger partial charge in [0.05, 0.1) is 10.7 Å². The van der Waals surface area contributed by atoms with Gasteiger partial charge in [-0.05, 0) is 30.7 Å². The van der Waals surface area contributed by atoms with E-state index in [1.165, 1.54) is 0 Å². The normalized spacial score (nSPS) is 10.8. The fourth-order valence-electron chi connectivity index (χ4n) is 1.59. The van der Waals surface area contributed by atoms with E-state index < -0.39 is 0 Å². The summed E-state index contributed by atoms with van der Waals surface area (Å²) < 4.78 is 1.86. The number of aryl methyl sites for hydroxylation is 2. The van der Waals surface area contributed by atoms with Gasteiger partial charge in [-0.15, -0.1) is 0 Å². The second kappa shape index (κ2) is 5.12. The maximum atomic E-state index is 6.01. The maximum absolute atomic E-state index is 6.01. The van der Waals surface area contributed by atoms with Crippen LogP contribution in [0.3, 0.4) is 0 Å². The van der Waals surface area contributed by atoms with Crippen molar-refractivity contribution in [3.63, 3.8) is 0 Å². The Morgan fingerprint density at radius 1 is 1.41 bits per heavy atom. The highest BCUT2D eigenvalue weighted by molar-refractivity contribution is 7.99. The lowest BCUT2D eigenvalue weighted by molar-refractivity contribution is 0.692. The molecule has 0 bridgehead atoms. The van der Waals surface area contributed by atoms with Crippen LogP contribution < -0.4 is 5.73 Å². The van der Waals surface area contributed by atoms with Crippen LogP contribution in [0, 0.1) is 6.92 Å². The summed E-state index contributed by atoms with van der Waals surface area (Å²) in [4.78, 5) is 1.09. The highest BCUT2D eigenvalue weighted by Gasteiger charge is 2.08. The van der Waals surface area contributed by atoms with Crippen molar-refractivity contribution in [2.75, 3.05) is 0 Å². The van der Waals surface area contributed by atoms with E-state index in [1.807, 2.05) is 42.9 Å². The van der Waals surface area contributed by atoms with Gasteiger partial charge >= 0.3 is 0 Å². The molecule has 0 amide bonds. The first-order valence-corrected chi connectivity index (χ1v) is 6.46. The number of hydrogen-bond donors (Lipinski definition) is 1. The Kier molecular flexibility index (Phi) is 3.76. The predicted molar refractivity (Wildman–Crippen MR) is 71.4 cm³/mol. The topological polar surface area (TPSA) is 43.8 Å². The van der Waals surface area contributed by atoms with Crippen molar-refractivity contribution < 1.29 is 0 Å². The Labute approximate surface area is 110 Å². The molecule has 0 aliphatic heterocycles. The van der Waals surface area contributed by atoms with Crippen LogP contribution >= 0.6 is 23.4 Å². The van der Waals surface area contributed by atoms with Gasteiger partial charge < -0.3 is 5.73 Å². The number of hydrogen-bond acceptors (Lipinski definition) is 3. The van der Waals surface area contributed by atoms with Gasteiger partial charge in [0.1, 0.15) is 0 Å². The molecule has 2 N–H and O–H groups in total. The number of benzene rings is 1. The van der Waals surface area contributed by atoms with Gasteiger partial charge in [-0.1, -0.05) is 29.4 Å². The van der Waals surface area contributed by atoms with E-state index in [2.05, 4.69) is 5.10 Å². The number of aromatic nitrogens is 2. The summed E-state index contributed by atoms with van der Waals surface area (Å²) in [6.45, 7) is 2.49. The summed E-state index contributed by atoms with van der Waals surface area (Å²) in [5.41, 5.74) is 7.82. The van der Waals surface area contributed by atoms with Crippen LogP contribution in [0.25, 0.3) is 0 Å². The largest absolute Gasteiger partial charge is 0.326 e. The van der Waals surface area contributed by atoms with Gasteiger partial charge in [0.25, 0.3) is 0 Å². The molecule has 1 heterocycles. The van der Waals surface area contributed by atoms with Crippen LogP contribution in [0.5, 0.6) is 0 Å². The summed E-state index contributed by atoms with van der Waals surface area (Å²) in [7, 11) is 1.93. The molecule has 1 aromatic carbocycles. The quantitative estimate of drug-likeness (QED) is 0.930. The van der Waals surface area contributed by atoms with E-state index in [9.17, 15) is 0 Å². The van der Waals surface area contributed by atoms with Gasteiger partial charge in [0.2, 0.25) is 0 Å². The number of nitrogens with zero attached hydrogens (tertiary/aromatic N) is 2. The molecule has 0 fully saturated rings. The fourth-order valence-corrected chi connectivity index (χ4v) is 2.92. The minimum absolute atomic E-state index is 0.510. The van der Waals surface area contributed by atoms with Gasteiger partial charge in [-0.2, -0.15) is 5.10 Å². The SMILES string of the molecule is Cc1cc(Sc2cc(Cl)ccc2CN)n(C)n1. The van der Waals surface area contributed by atoms with Crippen LogP contribution in [-0.2, 0) is 13.6 Å². The number of nitrogens with two attached hydrogens (primary N) is 1. The molecule has 0 saturated heterocycles. The summed E-state index contributed by atoms with van der Waals surface area (Å²) in [6.07, 6.45) is 0. The zero-order valence-corrected chi connectivity index (χ0v) is 11.3. The van der Waals surface area contributed by atoms with Crippen LogP contribution in [0.2, 0.25) is 5.02 Å². The Balaban J connectivity index is 2.35. The van der Waals surface area contributed by atoms with Crippen molar-refractivity contribution in [1.82, 2.24) is 9.78 Å². The fraction of sp³-hybridized carbons (Fsp3) is 0.250. The number of halogens is 1. The van der Waals surface area contributed by atoms with Crippen LogP contribution in [0.1, 0.15) is 11.3 Å². The summed E-state index contributed by atoms with van der Waals surface area (Å²) in [5, 5.41) is 6.13. The average Bonchev–Trinajstić information content (AvgIpc) is 2.58. The molecule has 0 atom stereocenters. The van der Waals surface area contributed by atoms with E-state index in [0.717, 1.165) is 26.2 Å². The summed E-state index contributed by atoms with van der Waals surface area (Å²) in [6, 6.07) is 7.82. The van der Waals surface area contributed by atoms with E-state index >= 15 is 0 Å². The van der Waals surface area contributed by atoms with Gasteiger partial charge in [0.15, 0.2) is 0 Å². The lowest BCUT2D eigenvalue weighted by Gasteiger charge is -2.07. The van der Waals surface area contributed by atoms with E-state index in [-0.39, 0.29) is 0 Å². The standard InChI is InChI=1S/C12H14ClN3S/c1-8-5-12(16(2)15-8)17-11-6-10(13)4-3-9(11)7-14/h3-6H,7,14H2,1-2H3. The zero-order chi connectivity index (χ0) is 12.4. The van der Waals surface area contributed by atoms with Crippen LogP contribution in [-0.4, -0.2) is 9.78 Å². The molecule has 5 heteroatoms. The Bertz CT molecular complexity index is 537. The Morgan fingerprint density at radius 3 is 2.76 bits per heavy atom. The highest BCUT2D eigenvalue weighted by Crippen LogP contribution is 2.32. The van der Waals surface area contributed by atoms with Crippen molar-refractivity contribution in [2.24, 2.45) is 12.8 Å². The third kappa shape index (κ3) is 2.83. The van der Waals surface area contributed by atoms with Gasteiger partial charge in [-0.3, -0.25) is 4.68 Å². The van der Waals surface area contributed by atoms with Crippen molar-refractivity contribution >= 4 is 23.4 Å². The molecular weight excluding hydrogens is 254 g/mol. The monoisotopic (exact) mass is 267 g/mol. The minimum atomic E-state index is 0.510. The molecule has 0 aliphatic rings. The third-order valence-corrected chi connectivity index (χ3v) is 3.85. The molecule has 1 aromatic heterocycles. The Hall–Kier alpha value is -0.970. The molecule has 3 nitrogen and oxygen atoms in total. The van der Waals surface area contributed by atoms with Crippen molar-refractivity contribution in [1.29, 1.82) is 0 Å². The highest BCUT2D eigenvalue weighted by atomic mass is 35.5. The predicted octanol–water partition coefficient (Wildman–Crippen LogP) is 2.99. The van der Waals surface area contributed by atoms with E-state index in [1.54, 1.807) is 11.8 Å². The Morgan fingerprint density at radius 2 is 2.18 bits per heavy atom. The third-order valence-electron chi connectivity index (χ3n) is 2.42. The number of rotatable bonds is 3. The molecule has 90 valence electrons. The van der Waals surface area contributed by atoms with Crippen LogP contribution in [0.15, 0.2) is 34.2 Å². The van der Waals surface area contributed by atoms with Gasteiger partial charge in [-0.25, -0.2) is 0 Å². The molecule has 0 radical (unpaired) electrons. The summed E-state index contributed by atoms with van der Waals surface area (Å²) in [5.74, 6) is 0. The molecule has 17 heavy (non-hydrogen) atoms. The van der Waals surface area contributed by atoms with Crippen molar-refractivity contribution in [2.45, 2.75) is 23.4 Å². The molecule has 2 aromatic rings. The molecule has 0 spiro atoms. The van der Waals surface area contributed by atoms with Crippen molar-refractivity contribution in [3.05, 3.63) is 40.5 Å². The molecule has 0 saturated carbocycles. The minimum Gasteiger partial charge on any atom is -0.326 e. The summed E-state index contributed by atoms with van der Waals surface area (Å²) >= 11 is 7.64. The lowest BCUT2D eigenvalue weighted by atomic mass is 10.2. The van der Waals surface area contributed by atoms with Gasteiger partial charge in [0, 0.05) is 23.5 Å². The zero-order valence-electron chi connectivity index (χ0n) is 9.77. The first-order chi connectivity index (χ1) is 8.10. The van der Waals surface area contributed by atoms with E-state index in [4.69, 9.17) is 17.3 Å². The van der Waals surface area contributed by atoms with Crippen molar-refractivity contribution in [3.8, 4) is 0 Å². The molecule has 0 unspecified atom stereocenters. The molecular formula is C12H14ClN3S. The molecule has 2 rings (SSSR count). The van der Waals surface area contributed by atoms with Crippen LogP contribution in [0.4, 0.5) is 0 Å². The lowest BCUT2D eigenvalue weighted by Crippen LogP contribution is -1.99. The molecule has 0 aliphatic carbocycles. The van der Waals surface area contributed by atoms with E-state index in [0.29, 0.717) is 6.54 Å². The first kappa shape index (κ1) is 12.5. The smallest absolute Gasteiger partial charge is 0.0987 e. The first-order valence-electron chi connectivity index (χ1n) is 5.27. The second-order valence-electron chi connectivity index (χ2n) is 3.81. The average molecular weight is 268 g/mol. The second-order valence-corrected chi connectivity index (χ2v) is 5.30.